The molecule has 0 saturated carbocycles. The molecule has 8 heteroatoms. The lowest BCUT2D eigenvalue weighted by Crippen LogP contribution is -2.05. The number of thioether (sulfide) groups is 1. The van der Waals surface area contributed by atoms with E-state index in [2.05, 4.69) is 10.1 Å². The summed E-state index contributed by atoms with van der Waals surface area (Å²) in [4.78, 5) is 3.77. The Kier molecular flexibility index (Phi) is 3.98. The predicted molar refractivity (Wildman–Crippen MR) is 66.6 cm³/mol. The van der Waals surface area contributed by atoms with Gasteiger partial charge in [-0.15, -0.1) is 11.8 Å². The molecule has 4 nitrogen and oxygen atoms in total. The van der Waals surface area contributed by atoms with E-state index < -0.39 is 11.7 Å². The van der Waals surface area contributed by atoms with E-state index in [1.54, 1.807) is 16.9 Å². The molecule has 0 aliphatic carbocycles. The summed E-state index contributed by atoms with van der Waals surface area (Å²) in [6, 6.07) is 4.08. The van der Waals surface area contributed by atoms with Gasteiger partial charge in [0.1, 0.15) is 5.82 Å². The van der Waals surface area contributed by atoms with Gasteiger partial charge in [-0.1, -0.05) is 0 Å². The molecule has 0 atom stereocenters. The van der Waals surface area contributed by atoms with Crippen molar-refractivity contribution >= 4 is 17.6 Å². The number of nitrogen functional groups attached to an aromatic ring is 1. The summed E-state index contributed by atoms with van der Waals surface area (Å²) in [6.45, 7) is 0.616. The van der Waals surface area contributed by atoms with Crippen molar-refractivity contribution in [2.75, 3.05) is 11.5 Å². The number of aryl methyl sites for hydroxylation is 1. The van der Waals surface area contributed by atoms with Crippen molar-refractivity contribution in [3.05, 3.63) is 36.2 Å². The number of hydrogen-bond acceptors (Lipinski definition) is 4. The monoisotopic (exact) mass is 288 g/mol. The molecular formula is C11H11F3N4S. The molecule has 0 amide bonds. The molecule has 0 fully saturated rings. The number of halogens is 3. The van der Waals surface area contributed by atoms with Crippen LogP contribution in [0.1, 0.15) is 5.56 Å². The van der Waals surface area contributed by atoms with Crippen molar-refractivity contribution in [3.8, 4) is 0 Å². The molecule has 2 N–H and O–H groups in total. The van der Waals surface area contributed by atoms with Crippen molar-refractivity contribution in [1.29, 1.82) is 0 Å². The highest BCUT2D eigenvalue weighted by Crippen LogP contribution is 2.29. The Morgan fingerprint density at radius 1 is 1.26 bits per heavy atom. The number of rotatable bonds is 4. The number of hydrogen-bond donors (Lipinski definition) is 1. The third-order valence-electron chi connectivity index (χ3n) is 2.30. The SMILES string of the molecule is Nc1ccn(CCSc2ccc(C(F)(F)F)cn2)n1. The maximum atomic E-state index is 12.3. The van der Waals surface area contributed by atoms with E-state index in [1.165, 1.54) is 17.8 Å². The predicted octanol–water partition coefficient (Wildman–Crippen LogP) is 2.67. The van der Waals surface area contributed by atoms with Crippen molar-refractivity contribution in [2.24, 2.45) is 0 Å². The van der Waals surface area contributed by atoms with Gasteiger partial charge in [-0.05, 0) is 18.2 Å². The van der Waals surface area contributed by atoms with Gasteiger partial charge in [0.25, 0.3) is 0 Å². The second-order valence-corrected chi connectivity index (χ2v) is 4.85. The molecule has 2 aromatic heterocycles. The molecule has 0 unspecified atom stereocenters. The van der Waals surface area contributed by atoms with Crippen LogP contribution >= 0.6 is 11.8 Å². The van der Waals surface area contributed by atoms with Crippen molar-refractivity contribution in [1.82, 2.24) is 14.8 Å². The van der Waals surface area contributed by atoms with Crippen LogP contribution in [0.25, 0.3) is 0 Å². The molecule has 102 valence electrons. The number of alkyl halides is 3. The molecule has 2 rings (SSSR count). The summed E-state index contributed by atoms with van der Waals surface area (Å²) in [5.41, 5.74) is 4.72. The summed E-state index contributed by atoms with van der Waals surface area (Å²) in [6.07, 6.45) is -1.76. The third kappa shape index (κ3) is 3.88. The molecule has 2 heterocycles. The van der Waals surface area contributed by atoms with Crippen LogP contribution in [0.4, 0.5) is 19.0 Å². The van der Waals surface area contributed by atoms with Crippen LogP contribution in [0.2, 0.25) is 0 Å². The van der Waals surface area contributed by atoms with E-state index in [0.717, 1.165) is 12.3 Å². The standard InChI is InChI=1S/C11H11F3N4S/c12-11(13,14)8-1-2-10(16-7-8)19-6-5-18-4-3-9(15)17-18/h1-4,7H,5-6H2,(H2,15,17). The average molecular weight is 288 g/mol. The first-order valence-corrected chi connectivity index (χ1v) is 6.39. The molecule has 0 aliphatic rings. The minimum atomic E-state index is -4.34. The summed E-state index contributed by atoms with van der Waals surface area (Å²) < 4.78 is 38.6. The second kappa shape index (κ2) is 5.52. The Balaban J connectivity index is 1.86. The fraction of sp³-hybridized carbons (Fsp3) is 0.273. The highest BCUT2D eigenvalue weighted by atomic mass is 32.2. The molecule has 2 aromatic rings. The fourth-order valence-electron chi connectivity index (χ4n) is 1.38. The van der Waals surface area contributed by atoms with Crippen molar-refractivity contribution < 1.29 is 13.2 Å². The summed E-state index contributed by atoms with van der Waals surface area (Å²) in [5, 5.41) is 4.55. The van der Waals surface area contributed by atoms with Gasteiger partial charge in [-0.25, -0.2) is 4.98 Å². The van der Waals surface area contributed by atoms with Crippen LogP contribution in [-0.4, -0.2) is 20.5 Å². The van der Waals surface area contributed by atoms with Crippen molar-refractivity contribution in [3.63, 3.8) is 0 Å². The Morgan fingerprint density at radius 3 is 2.58 bits per heavy atom. The van der Waals surface area contributed by atoms with Crippen LogP contribution in [0.3, 0.4) is 0 Å². The van der Waals surface area contributed by atoms with E-state index in [-0.39, 0.29) is 0 Å². The van der Waals surface area contributed by atoms with Gasteiger partial charge in [-0.3, -0.25) is 4.68 Å². The first-order valence-electron chi connectivity index (χ1n) is 5.40. The minimum absolute atomic E-state index is 0.442. The normalized spacial score (nSPS) is 11.7. The zero-order chi connectivity index (χ0) is 13.9. The Morgan fingerprint density at radius 2 is 2.05 bits per heavy atom. The molecule has 0 spiro atoms. The van der Waals surface area contributed by atoms with Crippen LogP contribution in [0, 0.1) is 0 Å². The lowest BCUT2D eigenvalue weighted by Gasteiger charge is -2.06. The molecule has 0 aromatic carbocycles. The van der Waals surface area contributed by atoms with E-state index in [9.17, 15) is 13.2 Å². The molecule has 0 aliphatic heterocycles. The lowest BCUT2D eigenvalue weighted by molar-refractivity contribution is -0.137. The van der Waals surface area contributed by atoms with Crippen LogP contribution in [0.15, 0.2) is 35.6 Å². The molecule has 0 saturated heterocycles. The van der Waals surface area contributed by atoms with E-state index in [0.29, 0.717) is 23.1 Å². The molecule has 0 bridgehead atoms. The Labute approximate surface area is 111 Å². The number of nitrogens with two attached hydrogens (primary N) is 1. The first kappa shape index (κ1) is 13.7. The van der Waals surface area contributed by atoms with Gasteiger partial charge in [0, 0.05) is 18.1 Å². The lowest BCUT2D eigenvalue weighted by atomic mass is 10.3. The number of pyridine rings is 1. The molecule has 19 heavy (non-hydrogen) atoms. The van der Waals surface area contributed by atoms with Gasteiger partial charge in [0.05, 0.1) is 17.1 Å². The van der Waals surface area contributed by atoms with E-state index in [1.807, 2.05) is 0 Å². The summed E-state index contributed by atoms with van der Waals surface area (Å²) in [7, 11) is 0. The number of aromatic nitrogens is 3. The maximum absolute atomic E-state index is 12.3. The minimum Gasteiger partial charge on any atom is -0.382 e. The largest absolute Gasteiger partial charge is 0.417 e. The summed E-state index contributed by atoms with van der Waals surface area (Å²) >= 11 is 1.36. The zero-order valence-electron chi connectivity index (χ0n) is 9.76. The highest BCUT2D eigenvalue weighted by Gasteiger charge is 2.30. The van der Waals surface area contributed by atoms with Crippen LogP contribution < -0.4 is 5.73 Å². The second-order valence-electron chi connectivity index (χ2n) is 3.74. The fourth-order valence-corrected chi connectivity index (χ4v) is 2.16. The Bertz CT molecular complexity index is 536. The smallest absolute Gasteiger partial charge is 0.382 e. The zero-order valence-corrected chi connectivity index (χ0v) is 10.6. The average Bonchev–Trinajstić information content (AvgIpc) is 2.75. The number of anilines is 1. The van der Waals surface area contributed by atoms with Gasteiger partial charge < -0.3 is 5.73 Å². The van der Waals surface area contributed by atoms with E-state index >= 15 is 0 Å². The van der Waals surface area contributed by atoms with E-state index in [4.69, 9.17) is 5.73 Å². The van der Waals surface area contributed by atoms with Gasteiger partial charge in [-0.2, -0.15) is 18.3 Å². The first-order chi connectivity index (χ1) is 8.95. The van der Waals surface area contributed by atoms with Crippen LogP contribution in [-0.2, 0) is 12.7 Å². The quantitative estimate of drug-likeness (QED) is 0.879. The van der Waals surface area contributed by atoms with Gasteiger partial charge >= 0.3 is 6.18 Å². The summed E-state index contributed by atoms with van der Waals surface area (Å²) in [5.74, 6) is 1.09. The highest BCUT2D eigenvalue weighted by molar-refractivity contribution is 7.99. The van der Waals surface area contributed by atoms with Gasteiger partial charge in [0.15, 0.2) is 0 Å². The van der Waals surface area contributed by atoms with Crippen LogP contribution in [0.5, 0.6) is 0 Å². The third-order valence-corrected chi connectivity index (χ3v) is 3.22. The molecular weight excluding hydrogens is 277 g/mol. The Hall–Kier alpha value is -1.70. The number of nitrogens with zero attached hydrogens (tertiary/aromatic N) is 3. The maximum Gasteiger partial charge on any atom is 0.417 e. The molecule has 0 radical (unpaired) electrons. The van der Waals surface area contributed by atoms with Crippen molar-refractivity contribution in [2.45, 2.75) is 17.7 Å². The topological polar surface area (TPSA) is 56.7 Å². The van der Waals surface area contributed by atoms with Gasteiger partial charge in [0.2, 0.25) is 0 Å².